The molecule has 0 saturated heterocycles. The average Bonchev–Trinajstić information content (AvgIpc) is 3.13. The highest BCUT2D eigenvalue weighted by Gasteiger charge is 2.41. The summed E-state index contributed by atoms with van der Waals surface area (Å²) >= 11 is 0. The number of para-hydroxylation sites is 1. The zero-order chi connectivity index (χ0) is 17.4. The van der Waals surface area contributed by atoms with Crippen LogP contribution >= 0.6 is 0 Å². The lowest BCUT2D eigenvalue weighted by molar-refractivity contribution is 0.353. The Morgan fingerprint density at radius 2 is 1.80 bits per heavy atom. The maximum absolute atomic E-state index is 9.56. The van der Waals surface area contributed by atoms with Gasteiger partial charge in [-0.3, -0.25) is 0 Å². The fourth-order valence-electron chi connectivity index (χ4n) is 3.36. The van der Waals surface area contributed by atoms with Gasteiger partial charge in [0, 0.05) is 11.3 Å². The lowest BCUT2D eigenvalue weighted by Gasteiger charge is -2.32. The van der Waals surface area contributed by atoms with Crippen LogP contribution in [0.5, 0.6) is 5.75 Å². The van der Waals surface area contributed by atoms with E-state index in [1.807, 2.05) is 18.2 Å². The van der Waals surface area contributed by atoms with E-state index < -0.39 is 5.92 Å². The predicted molar refractivity (Wildman–Crippen MR) is 92.3 cm³/mol. The molecule has 3 aliphatic rings. The topological polar surface area (TPSA) is 119 Å². The van der Waals surface area contributed by atoms with Crippen LogP contribution in [0.3, 0.4) is 0 Å². The first-order valence-electron chi connectivity index (χ1n) is 8.17. The van der Waals surface area contributed by atoms with Crippen LogP contribution in [-0.2, 0) is 4.74 Å². The molecule has 7 nitrogen and oxygen atoms in total. The summed E-state index contributed by atoms with van der Waals surface area (Å²) in [6, 6.07) is 9.52. The van der Waals surface area contributed by atoms with E-state index in [9.17, 15) is 5.26 Å². The Bertz CT molecular complexity index is 896. The van der Waals surface area contributed by atoms with Crippen LogP contribution in [0.1, 0.15) is 37.2 Å². The van der Waals surface area contributed by atoms with Crippen LogP contribution in [0, 0.1) is 11.3 Å². The Morgan fingerprint density at radius 3 is 2.56 bits per heavy atom. The van der Waals surface area contributed by atoms with E-state index in [0.29, 0.717) is 16.9 Å². The van der Waals surface area contributed by atoms with Crippen LogP contribution < -0.4 is 16.2 Å². The number of nitriles is 1. The number of ether oxygens (including phenoxy) is 2. The summed E-state index contributed by atoms with van der Waals surface area (Å²) in [4.78, 5) is 0. The summed E-state index contributed by atoms with van der Waals surface area (Å²) < 4.78 is 11.3. The molecule has 0 bridgehead atoms. The van der Waals surface area contributed by atoms with E-state index in [1.165, 1.54) is 0 Å². The molecule has 1 unspecified atom stereocenters. The lowest BCUT2D eigenvalue weighted by Crippen LogP contribution is -2.33. The molecule has 2 aliphatic heterocycles. The van der Waals surface area contributed by atoms with Gasteiger partial charge in [-0.05, 0) is 31.7 Å². The Labute approximate surface area is 144 Å². The van der Waals surface area contributed by atoms with Gasteiger partial charge < -0.3 is 20.9 Å². The molecule has 126 valence electrons. The predicted octanol–water partition coefficient (Wildman–Crippen LogP) is 2.39. The van der Waals surface area contributed by atoms with E-state index in [1.54, 1.807) is 6.07 Å². The fraction of sp³-hybridized carbons (Fsp3) is 0.278. The Hall–Kier alpha value is -3.27. The van der Waals surface area contributed by atoms with Crippen LogP contribution in [0.4, 0.5) is 0 Å². The van der Waals surface area contributed by atoms with Gasteiger partial charge >= 0.3 is 0 Å². The van der Waals surface area contributed by atoms with E-state index in [4.69, 9.17) is 20.9 Å². The maximum atomic E-state index is 9.56. The SMILES string of the molecule is N#CC1=C(N)O/C(=N\N=C2CCCC2)C2=C(N)Oc3ccccc3C12. The lowest BCUT2D eigenvalue weighted by atomic mass is 9.82. The summed E-state index contributed by atoms with van der Waals surface area (Å²) in [7, 11) is 0. The van der Waals surface area contributed by atoms with E-state index in [-0.39, 0.29) is 17.7 Å². The van der Waals surface area contributed by atoms with Gasteiger partial charge in [-0.25, -0.2) is 0 Å². The molecule has 1 atom stereocenters. The molecule has 0 spiro atoms. The minimum absolute atomic E-state index is 0.0196. The third kappa shape index (κ3) is 2.52. The normalized spacial score (nSPS) is 23.6. The van der Waals surface area contributed by atoms with Crippen LogP contribution in [0.2, 0.25) is 0 Å². The highest BCUT2D eigenvalue weighted by molar-refractivity contribution is 6.00. The van der Waals surface area contributed by atoms with Gasteiger partial charge in [-0.2, -0.15) is 10.4 Å². The van der Waals surface area contributed by atoms with Crippen molar-refractivity contribution in [1.82, 2.24) is 0 Å². The molecule has 1 fully saturated rings. The quantitative estimate of drug-likeness (QED) is 0.764. The van der Waals surface area contributed by atoms with E-state index in [2.05, 4.69) is 16.3 Å². The van der Waals surface area contributed by atoms with Gasteiger partial charge in [-0.15, -0.1) is 5.10 Å². The van der Waals surface area contributed by atoms with Crippen molar-refractivity contribution in [2.45, 2.75) is 31.6 Å². The fourth-order valence-corrected chi connectivity index (χ4v) is 3.36. The summed E-state index contributed by atoms with van der Waals surface area (Å²) in [6.45, 7) is 0. The number of hydrogen-bond acceptors (Lipinski definition) is 7. The third-order valence-corrected chi connectivity index (χ3v) is 4.58. The number of nitrogens with two attached hydrogens (primary N) is 2. The Kier molecular flexibility index (Phi) is 3.65. The zero-order valence-corrected chi connectivity index (χ0v) is 13.5. The van der Waals surface area contributed by atoms with Gasteiger partial charge in [0.2, 0.25) is 17.7 Å². The average molecular weight is 335 g/mol. The van der Waals surface area contributed by atoms with Crippen LogP contribution in [0.25, 0.3) is 0 Å². The van der Waals surface area contributed by atoms with Crippen LogP contribution in [-0.4, -0.2) is 11.6 Å². The first-order valence-corrected chi connectivity index (χ1v) is 8.17. The molecule has 7 heteroatoms. The molecule has 1 aliphatic carbocycles. The van der Waals surface area contributed by atoms with Crippen molar-refractivity contribution < 1.29 is 9.47 Å². The van der Waals surface area contributed by atoms with Crippen molar-refractivity contribution >= 4 is 11.6 Å². The largest absolute Gasteiger partial charge is 0.441 e. The highest BCUT2D eigenvalue weighted by atomic mass is 16.5. The summed E-state index contributed by atoms with van der Waals surface area (Å²) in [5, 5.41) is 18.1. The Morgan fingerprint density at radius 1 is 1.04 bits per heavy atom. The molecule has 0 amide bonds. The number of fused-ring (bicyclic) bond motifs is 3. The van der Waals surface area contributed by atoms with Crippen molar-refractivity contribution in [2.24, 2.45) is 21.7 Å². The molecule has 1 saturated carbocycles. The zero-order valence-electron chi connectivity index (χ0n) is 13.5. The van der Waals surface area contributed by atoms with Crippen molar-refractivity contribution in [3.05, 3.63) is 52.7 Å². The number of benzene rings is 1. The summed E-state index contributed by atoms with van der Waals surface area (Å²) in [5.41, 5.74) is 14.7. The first-order chi connectivity index (χ1) is 12.2. The smallest absolute Gasteiger partial charge is 0.250 e. The monoisotopic (exact) mass is 335 g/mol. The second kappa shape index (κ2) is 5.98. The Balaban J connectivity index is 1.86. The summed E-state index contributed by atoms with van der Waals surface area (Å²) in [5.74, 6) is 0.484. The van der Waals surface area contributed by atoms with Gasteiger partial charge in [0.25, 0.3) is 0 Å². The standard InChI is InChI=1S/C18H17N5O2/c19-9-12-14-11-7-3-4-8-13(11)24-17(21)15(14)18(25-16(12)20)23-22-10-5-1-2-6-10/h3-4,7-8,14H,1-2,5-6,20-21H2/b23-18-. The van der Waals surface area contributed by atoms with Crippen molar-refractivity contribution in [2.75, 3.05) is 0 Å². The number of allylic oxidation sites excluding steroid dienone is 1. The molecule has 2 heterocycles. The first kappa shape index (κ1) is 15.3. The molecule has 25 heavy (non-hydrogen) atoms. The molecule has 4 N–H and O–H groups in total. The highest BCUT2D eigenvalue weighted by Crippen LogP contribution is 2.45. The number of hydrogen-bond donors (Lipinski definition) is 2. The van der Waals surface area contributed by atoms with Crippen molar-refractivity contribution in [1.29, 1.82) is 5.26 Å². The summed E-state index contributed by atoms with van der Waals surface area (Å²) in [6.07, 6.45) is 4.11. The van der Waals surface area contributed by atoms with E-state index >= 15 is 0 Å². The van der Waals surface area contributed by atoms with Gasteiger partial charge in [0.1, 0.15) is 17.4 Å². The third-order valence-electron chi connectivity index (χ3n) is 4.58. The minimum Gasteiger partial charge on any atom is -0.441 e. The second-order valence-electron chi connectivity index (χ2n) is 6.12. The molecule has 0 radical (unpaired) electrons. The molecule has 1 aromatic carbocycles. The van der Waals surface area contributed by atoms with Gasteiger partial charge in [0.15, 0.2) is 0 Å². The van der Waals surface area contributed by atoms with E-state index in [0.717, 1.165) is 37.0 Å². The van der Waals surface area contributed by atoms with Crippen LogP contribution in [0.15, 0.2) is 57.4 Å². The number of rotatable bonds is 1. The molecule has 0 aromatic heterocycles. The molecule has 4 rings (SSSR count). The van der Waals surface area contributed by atoms with Gasteiger partial charge in [-0.1, -0.05) is 18.2 Å². The minimum atomic E-state index is -0.466. The maximum Gasteiger partial charge on any atom is 0.250 e. The second-order valence-corrected chi connectivity index (χ2v) is 6.12. The molecule has 1 aromatic rings. The number of nitrogens with zero attached hydrogens (tertiary/aromatic N) is 3. The van der Waals surface area contributed by atoms with Crippen molar-refractivity contribution in [3.8, 4) is 11.8 Å². The van der Waals surface area contributed by atoms with Gasteiger partial charge in [0.05, 0.1) is 11.5 Å². The molecular formula is C18H17N5O2. The van der Waals surface area contributed by atoms with Crippen molar-refractivity contribution in [3.63, 3.8) is 0 Å². The molecular weight excluding hydrogens is 318 g/mol.